The molecule has 0 aliphatic heterocycles. The van der Waals surface area contributed by atoms with Crippen molar-refractivity contribution in [2.45, 2.75) is 26.2 Å². The zero-order valence-electron chi connectivity index (χ0n) is 9.64. The Bertz CT molecular complexity index is 394. The zero-order valence-corrected chi connectivity index (χ0v) is 9.64. The number of anilines is 2. The summed E-state index contributed by atoms with van der Waals surface area (Å²) in [6, 6.07) is 0. The second-order valence-corrected chi connectivity index (χ2v) is 3.76. The van der Waals surface area contributed by atoms with Crippen molar-refractivity contribution in [2.75, 3.05) is 30.3 Å². The summed E-state index contributed by atoms with van der Waals surface area (Å²) in [4.78, 5) is 22.5. The van der Waals surface area contributed by atoms with Crippen LogP contribution in [0.4, 0.5) is 11.4 Å². The van der Waals surface area contributed by atoms with Crippen molar-refractivity contribution in [3.05, 3.63) is 20.4 Å². The maximum atomic E-state index is 11.3. The highest BCUT2D eigenvalue weighted by molar-refractivity contribution is 5.73. The van der Waals surface area contributed by atoms with Gasteiger partial charge in [-0.2, -0.15) is 0 Å². The summed E-state index contributed by atoms with van der Waals surface area (Å²) in [6.45, 7) is 3.80. The molecule has 0 fully saturated rings. The lowest BCUT2D eigenvalue weighted by molar-refractivity contribution is 0.743. The molecule has 1 rings (SSSR count). The minimum atomic E-state index is -0.438. The summed E-state index contributed by atoms with van der Waals surface area (Å²) in [5, 5.41) is 5.86. The van der Waals surface area contributed by atoms with Crippen LogP contribution in [0, 0.1) is 0 Å². The number of nitrogens with two attached hydrogens (primary N) is 1. The van der Waals surface area contributed by atoms with Gasteiger partial charge in [0.1, 0.15) is 11.4 Å². The Kier molecular flexibility index (Phi) is 4.98. The largest absolute Gasteiger partial charge is 0.380 e. The van der Waals surface area contributed by atoms with Crippen molar-refractivity contribution in [1.29, 1.82) is 0 Å². The number of nitrogens with one attached hydrogen (secondary N) is 2. The highest BCUT2D eigenvalue weighted by Gasteiger charge is 2.19. The Balaban J connectivity index is 2.49. The first-order valence-corrected chi connectivity index (χ1v) is 5.73. The van der Waals surface area contributed by atoms with Crippen LogP contribution in [0.2, 0.25) is 0 Å². The molecule has 0 aromatic heterocycles. The highest BCUT2D eigenvalue weighted by Crippen LogP contribution is 2.13. The van der Waals surface area contributed by atoms with E-state index in [1.165, 1.54) is 0 Å². The summed E-state index contributed by atoms with van der Waals surface area (Å²) in [6.07, 6.45) is 3.26. The fourth-order valence-corrected chi connectivity index (χ4v) is 1.51. The third-order valence-electron chi connectivity index (χ3n) is 2.44. The third-order valence-corrected chi connectivity index (χ3v) is 2.44. The molecule has 5 nitrogen and oxygen atoms in total. The SMILES string of the molecule is CCCCCNc1c(NCCN)c(=O)c1=O. The number of unbranched alkanes of at least 4 members (excludes halogenated alkanes) is 2. The number of hydrogen-bond donors (Lipinski definition) is 3. The second-order valence-electron chi connectivity index (χ2n) is 3.76. The number of rotatable bonds is 8. The molecular weight excluding hydrogens is 206 g/mol. The lowest BCUT2D eigenvalue weighted by atomic mass is 10.1. The summed E-state index contributed by atoms with van der Waals surface area (Å²) < 4.78 is 0. The van der Waals surface area contributed by atoms with Gasteiger partial charge in [0.15, 0.2) is 0 Å². The van der Waals surface area contributed by atoms with E-state index in [-0.39, 0.29) is 0 Å². The van der Waals surface area contributed by atoms with E-state index in [0.717, 1.165) is 25.8 Å². The van der Waals surface area contributed by atoms with Crippen LogP contribution in [0.1, 0.15) is 26.2 Å². The van der Waals surface area contributed by atoms with E-state index in [2.05, 4.69) is 17.6 Å². The van der Waals surface area contributed by atoms with E-state index < -0.39 is 10.9 Å². The van der Waals surface area contributed by atoms with Crippen LogP contribution in [-0.4, -0.2) is 19.6 Å². The van der Waals surface area contributed by atoms with Gasteiger partial charge in [0.2, 0.25) is 0 Å². The molecule has 0 atom stereocenters. The van der Waals surface area contributed by atoms with E-state index in [9.17, 15) is 9.59 Å². The predicted molar refractivity (Wildman–Crippen MR) is 66.9 cm³/mol. The Morgan fingerprint density at radius 2 is 1.56 bits per heavy atom. The summed E-state index contributed by atoms with van der Waals surface area (Å²) in [5.41, 5.74) is 5.28. The molecule has 0 radical (unpaired) electrons. The quantitative estimate of drug-likeness (QED) is 0.436. The highest BCUT2D eigenvalue weighted by atomic mass is 16.2. The van der Waals surface area contributed by atoms with Crippen LogP contribution >= 0.6 is 0 Å². The summed E-state index contributed by atoms with van der Waals surface area (Å²) in [7, 11) is 0. The van der Waals surface area contributed by atoms with Crippen LogP contribution in [0.15, 0.2) is 9.59 Å². The third kappa shape index (κ3) is 2.82. The first-order valence-electron chi connectivity index (χ1n) is 5.73. The van der Waals surface area contributed by atoms with Crippen molar-refractivity contribution < 1.29 is 0 Å². The Labute approximate surface area is 94.7 Å². The Morgan fingerprint density at radius 1 is 1.00 bits per heavy atom. The van der Waals surface area contributed by atoms with Crippen molar-refractivity contribution in [3.63, 3.8) is 0 Å². The van der Waals surface area contributed by atoms with E-state index in [1.54, 1.807) is 0 Å². The standard InChI is InChI=1S/C11H19N3O2/c1-2-3-4-6-13-8-9(14-7-5-12)11(16)10(8)15/h13-14H,2-7,12H2,1H3. The van der Waals surface area contributed by atoms with Crippen molar-refractivity contribution >= 4 is 11.4 Å². The average molecular weight is 225 g/mol. The fourth-order valence-electron chi connectivity index (χ4n) is 1.51. The van der Waals surface area contributed by atoms with Gasteiger partial charge in [0.05, 0.1) is 0 Å². The van der Waals surface area contributed by atoms with E-state index >= 15 is 0 Å². The minimum absolute atomic E-state index is 0.395. The Hall–Kier alpha value is -1.36. The van der Waals surface area contributed by atoms with Crippen LogP contribution in [0.25, 0.3) is 0 Å². The van der Waals surface area contributed by atoms with Crippen molar-refractivity contribution in [2.24, 2.45) is 5.73 Å². The minimum Gasteiger partial charge on any atom is -0.380 e. The van der Waals surface area contributed by atoms with Gasteiger partial charge in [-0.3, -0.25) is 9.59 Å². The van der Waals surface area contributed by atoms with E-state index in [1.807, 2.05) is 0 Å². The molecular formula is C11H19N3O2. The molecule has 0 aliphatic carbocycles. The summed E-state index contributed by atoms with van der Waals surface area (Å²) in [5.74, 6) is 0. The molecule has 0 unspecified atom stereocenters. The van der Waals surface area contributed by atoms with Gasteiger partial charge in [0, 0.05) is 19.6 Å². The Morgan fingerprint density at radius 3 is 2.06 bits per heavy atom. The first kappa shape index (κ1) is 12.7. The van der Waals surface area contributed by atoms with Gasteiger partial charge in [0.25, 0.3) is 10.9 Å². The van der Waals surface area contributed by atoms with Crippen LogP contribution in [-0.2, 0) is 0 Å². The van der Waals surface area contributed by atoms with E-state index in [0.29, 0.717) is 24.5 Å². The molecule has 0 saturated carbocycles. The van der Waals surface area contributed by atoms with E-state index in [4.69, 9.17) is 5.73 Å². The monoisotopic (exact) mass is 225 g/mol. The molecule has 16 heavy (non-hydrogen) atoms. The smallest absolute Gasteiger partial charge is 0.253 e. The van der Waals surface area contributed by atoms with Crippen LogP contribution in [0.3, 0.4) is 0 Å². The molecule has 5 heteroatoms. The van der Waals surface area contributed by atoms with Crippen LogP contribution < -0.4 is 27.2 Å². The molecule has 90 valence electrons. The van der Waals surface area contributed by atoms with Gasteiger partial charge >= 0.3 is 0 Å². The number of hydrogen-bond acceptors (Lipinski definition) is 5. The average Bonchev–Trinajstić information content (AvgIpc) is 2.31. The molecule has 1 aromatic carbocycles. The topological polar surface area (TPSA) is 84.2 Å². The molecule has 4 N–H and O–H groups in total. The van der Waals surface area contributed by atoms with Crippen molar-refractivity contribution in [3.8, 4) is 0 Å². The lowest BCUT2D eigenvalue weighted by Gasteiger charge is -2.13. The summed E-state index contributed by atoms with van der Waals surface area (Å²) >= 11 is 0. The van der Waals surface area contributed by atoms with Gasteiger partial charge < -0.3 is 16.4 Å². The molecule has 0 bridgehead atoms. The lowest BCUT2D eigenvalue weighted by Crippen LogP contribution is -2.38. The maximum absolute atomic E-state index is 11.3. The van der Waals surface area contributed by atoms with Crippen molar-refractivity contribution in [1.82, 2.24) is 0 Å². The molecule has 0 heterocycles. The molecule has 1 aromatic rings. The molecule has 0 spiro atoms. The predicted octanol–water partition coefficient (Wildman–Crippen LogP) is 0.255. The maximum Gasteiger partial charge on any atom is 0.253 e. The fraction of sp³-hybridized carbons (Fsp3) is 0.636. The molecule has 0 aliphatic rings. The van der Waals surface area contributed by atoms with Crippen LogP contribution in [0.5, 0.6) is 0 Å². The first-order chi connectivity index (χ1) is 7.72. The van der Waals surface area contributed by atoms with Gasteiger partial charge in [-0.05, 0) is 6.42 Å². The zero-order chi connectivity index (χ0) is 12.0. The second kappa shape index (κ2) is 6.27. The van der Waals surface area contributed by atoms with Gasteiger partial charge in [-0.25, -0.2) is 0 Å². The van der Waals surface area contributed by atoms with Gasteiger partial charge in [-0.15, -0.1) is 0 Å². The van der Waals surface area contributed by atoms with Gasteiger partial charge in [-0.1, -0.05) is 19.8 Å². The molecule has 0 amide bonds. The molecule has 0 saturated heterocycles. The normalized spacial score (nSPS) is 10.6.